The summed E-state index contributed by atoms with van der Waals surface area (Å²) in [5.74, 6) is 0.852. The second-order valence-corrected chi connectivity index (χ2v) is 7.97. The van der Waals surface area contributed by atoms with Gasteiger partial charge < -0.3 is 10.6 Å². The first-order chi connectivity index (χ1) is 10.3. The molecule has 1 aromatic rings. The lowest BCUT2D eigenvalue weighted by atomic mass is 9.94. The molecule has 1 aliphatic carbocycles. The Balaban J connectivity index is 1.58. The van der Waals surface area contributed by atoms with Gasteiger partial charge in [0.2, 0.25) is 0 Å². The van der Waals surface area contributed by atoms with Crippen LogP contribution in [0.25, 0.3) is 0 Å². The second kappa shape index (κ2) is 7.75. The molecule has 2 aliphatic rings. The van der Waals surface area contributed by atoms with E-state index in [1.54, 1.807) is 4.88 Å². The molecule has 0 amide bonds. The monoisotopic (exact) mass is 306 g/mol. The Kier molecular flexibility index (Phi) is 5.73. The zero-order valence-electron chi connectivity index (χ0n) is 13.3. The molecule has 0 bridgehead atoms. The number of thiophene rings is 1. The standard InChI is InChI=1S/C18H30N2S/c1-14(13-16-9-4-5-11-19-16)20-18(15-7-2-3-8-15)17-10-6-12-21-17/h6,10,12,14-16,18-20H,2-5,7-9,11,13H2,1H3. The van der Waals surface area contributed by atoms with Crippen LogP contribution < -0.4 is 10.6 Å². The fraction of sp³-hybridized carbons (Fsp3) is 0.778. The van der Waals surface area contributed by atoms with E-state index in [9.17, 15) is 0 Å². The van der Waals surface area contributed by atoms with Crippen LogP contribution in [0, 0.1) is 5.92 Å². The molecule has 2 N–H and O–H groups in total. The highest BCUT2D eigenvalue weighted by Crippen LogP contribution is 2.37. The van der Waals surface area contributed by atoms with E-state index in [0.717, 1.165) is 12.0 Å². The minimum Gasteiger partial charge on any atom is -0.314 e. The molecule has 0 aromatic carbocycles. The van der Waals surface area contributed by atoms with E-state index >= 15 is 0 Å². The van der Waals surface area contributed by atoms with Crippen LogP contribution in [-0.4, -0.2) is 18.6 Å². The number of piperidine rings is 1. The summed E-state index contributed by atoms with van der Waals surface area (Å²) in [6.45, 7) is 3.60. The second-order valence-electron chi connectivity index (χ2n) is 6.99. The molecule has 3 unspecified atom stereocenters. The van der Waals surface area contributed by atoms with Gasteiger partial charge in [-0.2, -0.15) is 0 Å². The lowest BCUT2D eigenvalue weighted by molar-refractivity contribution is 0.294. The highest BCUT2D eigenvalue weighted by atomic mass is 32.1. The maximum Gasteiger partial charge on any atom is 0.0445 e. The van der Waals surface area contributed by atoms with Crippen LogP contribution in [0.4, 0.5) is 0 Å². The fourth-order valence-corrected chi connectivity index (χ4v) is 5.01. The van der Waals surface area contributed by atoms with Gasteiger partial charge in [-0.15, -0.1) is 11.3 Å². The van der Waals surface area contributed by atoms with E-state index in [0.29, 0.717) is 12.1 Å². The molecule has 1 saturated heterocycles. The molecule has 118 valence electrons. The van der Waals surface area contributed by atoms with Gasteiger partial charge in [-0.3, -0.25) is 0 Å². The summed E-state index contributed by atoms with van der Waals surface area (Å²) >= 11 is 1.93. The van der Waals surface area contributed by atoms with Crippen molar-refractivity contribution in [1.29, 1.82) is 0 Å². The van der Waals surface area contributed by atoms with Crippen LogP contribution in [0.5, 0.6) is 0 Å². The van der Waals surface area contributed by atoms with E-state index in [-0.39, 0.29) is 0 Å². The maximum atomic E-state index is 3.98. The molecule has 2 heterocycles. The predicted molar refractivity (Wildman–Crippen MR) is 91.9 cm³/mol. The van der Waals surface area contributed by atoms with E-state index in [1.165, 1.54) is 57.9 Å². The fourth-order valence-electron chi connectivity index (χ4n) is 4.14. The SMILES string of the molecule is CC(CC1CCCCN1)NC(c1cccs1)C1CCCC1. The third-order valence-corrected chi connectivity index (χ3v) is 6.19. The lowest BCUT2D eigenvalue weighted by Gasteiger charge is -2.31. The Labute approximate surface area is 133 Å². The average Bonchev–Trinajstić information content (AvgIpc) is 3.19. The van der Waals surface area contributed by atoms with Crippen LogP contribution in [0.1, 0.15) is 69.2 Å². The summed E-state index contributed by atoms with van der Waals surface area (Å²) in [6.07, 6.45) is 11.1. The van der Waals surface area contributed by atoms with Crippen molar-refractivity contribution in [2.24, 2.45) is 5.92 Å². The van der Waals surface area contributed by atoms with Gasteiger partial charge >= 0.3 is 0 Å². The Morgan fingerprint density at radius 1 is 1.24 bits per heavy atom. The van der Waals surface area contributed by atoms with Gasteiger partial charge in [-0.05, 0) is 62.9 Å². The Bertz CT molecular complexity index is 391. The normalized spacial score (nSPS) is 26.8. The van der Waals surface area contributed by atoms with E-state index in [4.69, 9.17) is 0 Å². The number of hydrogen-bond acceptors (Lipinski definition) is 3. The Morgan fingerprint density at radius 2 is 2.05 bits per heavy atom. The van der Waals surface area contributed by atoms with E-state index < -0.39 is 0 Å². The van der Waals surface area contributed by atoms with Gasteiger partial charge in [0.25, 0.3) is 0 Å². The van der Waals surface area contributed by atoms with Gasteiger partial charge in [0, 0.05) is 23.0 Å². The molecule has 2 fully saturated rings. The summed E-state index contributed by atoms with van der Waals surface area (Å²) in [7, 11) is 0. The smallest absolute Gasteiger partial charge is 0.0445 e. The summed E-state index contributed by atoms with van der Waals surface area (Å²) in [6, 6.07) is 6.46. The van der Waals surface area contributed by atoms with Gasteiger partial charge in [-0.25, -0.2) is 0 Å². The van der Waals surface area contributed by atoms with Gasteiger partial charge in [0.1, 0.15) is 0 Å². The van der Waals surface area contributed by atoms with Crippen LogP contribution in [0.2, 0.25) is 0 Å². The van der Waals surface area contributed by atoms with Crippen molar-refractivity contribution in [3.63, 3.8) is 0 Å². The molecule has 0 radical (unpaired) electrons. The van der Waals surface area contributed by atoms with Crippen molar-refractivity contribution in [3.8, 4) is 0 Å². The lowest BCUT2D eigenvalue weighted by Crippen LogP contribution is -2.41. The average molecular weight is 307 g/mol. The van der Waals surface area contributed by atoms with Crippen molar-refractivity contribution in [3.05, 3.63) is 22.4 Å². The summed E-state index contributed by atoms with van der Waals surface area (Å²) in [5, 5.41) is 9.90. The van der Waals surface area contributed by atoms with Crippen LogP contribution in [0.3, 0.4) is 0 Å². The third kappa shape index (κ3) is 4.30. The highest BCUT2D eigenvalue weighted by Gasteiger charge is 2.28. The van der Waals surface area contributed by atoms with Gasteiger partial charge in [0.05, 0.1) is 0 Å². The molecule has 2 nitrogen and oxygen atoms in total. The van der Waals surface area contributed by atoms with E-state index in [1.807, 2.05) is 11.3 Å². The van der Waals surface area contributed by atoms with Crippen LogP contribution in [-0.2, 0) is 0 Å². The van der Waals surface area contributed by atoms with Crippen molar-refractivity contribution < 1.29 is 0 Å². The van der Waals surface area contributed by atoms with Crippen LogP contribution in [0.15, 0.2) is 17.5 Å². The molecular weight excluding hydrogens is 276 g/mol. The quantitative estimate of drug-likeness (QED) is 0.809. The molecule has 3 heteroatoms. The van der Waals surface area contributed by atoms with E-state index in [2.05, 4.69) is 35.1 Å². The minimum absolute atomic E-state index is 0.589. The number of rotatable bonds is 6. The zero-order chi connectivity index (χ0) is 14.5. The van der Waals surface area contributed by atoms with Crippen LogP contribution >= 0.6 is 11.3 Å². The topological polar surface area (TPSA) is 24.1 Å². The minimum atomic E-state index is 0.589. The Morgan fingerprint density at radius 3 is 2.71 bits per heavy atom. The molecule has 1 aliphatic heterocycles. The predicted octanol–water partition coefficient (Wildman–Crippen LogP) is 4.49. The molecule has 1 saturated carbocycles. The number of hydrogen-bond donors (Lipinski definition) is 2. The Hall–Kier alpha value is -0.380. The molecule has 0 spiro atoms. The largest absolute Gasteiger partial charge is 0.314 e. The first-order valence-electron chi connectivity index (χ1n) is 8.86. The highest BCUT2D eigenvalue weighted by molar-refractivity contribution is 7.10. The van der Waals surface area contributed by atoms with Crippen molar-refractivity contribution in [2.75, 3.05) is 6.54 Å². The van der Waals surface area contributed by atoms with Gasteiger partial charge in [-0.1, -0.05) is 25.3 Å². The van der Waals surface area contributed by atoms with Crippen molar-refractivity contribution >= 4 is 11.3 Å². The molecule has 3 atom stereocenters. The third-order valence-electron chi connectivity index (χ3n) is 5.24. The first-order valence-corrected chi connectivity index (χ1v) is 9.74. The summed E-state index contributed by atoms with van der Waals surface area (Å²) in [5.41, 5.74) is 0. The molecule has 1 aromatic heterocycles. The van der Waals surface area contributed by atoms with Crippen molar-refractivity contribution in [1.82, 2.24) is 10.6 Å². The summed E-state index contributed by atoms with van der Waals surface area (Å²) < 4.78 is 0. The van der Waals surface area contributed by atoms with Gasteiger partial charge in [0.15, 0.2) is 0 Å². The maximum absolute atomic E-state index is 3.98. The molecule has 3 rings (SSSR count). The molecule has 21 heavy (non-hydrogen) atoms. The number of nitrogens with one attached hydrogen (secondary N) is 2. The molecular formula is C18H30N2S. The van der Waals surface area contributed by atoms with Crippen molar-refractivity contribution in [2.45, 2.75) is 76.4 Å². The first kappa shape index (κ1) is 15.5. The summed E-state index contributed by atoms with van der Waals surface area (Å²) in [4.78, 5) is 1.55. The zero-order valence-corrected chi connectivity index (χ0v) is 14.1.